The number of carbonyl (C=O) groups excluding carboxylic acids is 1. The van der Waals surface area contributed by atoms with Gasteiger partial charge < -0.3 is 10.6 Å². The summed E-state index contributed by atoms with van der Waals surface area (Å²) in [6.07, 6.45) is 7.43. The maximum atomic E-state index is 11.5. The van der Waals surface area contributed by atoms with Crippen LogP contribution in [-0.4, -0.2) is 25.0 Å². The Morgan fingerprint density at radius 2 is 2.07 bits per heavy atom. The van der Waals surface area contributed by atoms with E-state index in [1.165, 1.54) is 12.0 Å². The van der Waals surface area contributed by atoms with Gasteiger partial charge in [-0.05, 0) is 45.2 Å². The van der Waals surface area contributed by atoms with Crippen LogP contribution in [0.25, 0.3) is 0 Å². The van der Waals surface area contributed by atoms with Crippen molar-refractivity contribution in [2.24, 2.45) is 0 Å². The molecule has 2 aliphatic rings. The number of hydrogen-bond acceptors (Lipinski definition) is 2. The molecule has 3 heteroatoms. The Kier molecular flexibility index (Phi) is 3.19. The maximum Gasteiger partial charge on any atom is 0.244 e. The molecule has 0 aromatic rings. The zero-order valence-corrected chi connectivity index (χ0v) is 8.51. The lowest BCUT2D eigenvalue weighted by atomic mass is 9.92. The van der Waals surface area contributed by atoms with Crippen LogP contribution in [0.4, 0.5) is 0 Å². The number of hydrogen-bond donors (Lipinski definition) is 2. The number of allylic oxidation sites excluding steroid dienone is 1. The number of carbonyl (C=O) groups is 1. The highest BCUT2D eigenvalue weighted by Gasteiger charge is 2.15. The van der Waals surface area contributed by atoms with Gasteiger partial charge in [0.2, 0.25) is 5.91 Å². The summed E-state index contributed by atoms with van der Waals surface area (Å²) in [4.78, 5) is 11.5. The number of piperidine rings is 1. The molecule has 2 rings (SSSR count). The molecule has 1 aliphatic carbocycles. The van der Waals surface area contributed by atoms with E-state index in [0.29, 0.717) is 6.04 Å². The second-order valence-electron chi connectivity index (χ2n) is 4.19. The highest BCUT2D eigenvalue weighted by atomic mass is 16.1. The molecule has 78 valence electrons. The molecule has 1 saturated carbocycles. The zero-order chi connectivity index (χ0) is 9.80. The fraction of sp³-hybridized carbons (Fsp3) is 0.727. The molecule has 2 N–H and O–H groups in total. The monoisotopic (exact) mass is 194 g/mol. The Balaban J connectivity index is 1.75. The summed E-state index contributed by atoms with van der Waals surface area (Å²) in [6.45, 7) is 2.06. The minimum atomic E-state index is 0.117. The van der Waals surface area contributed by atoms with Crippen LogP contribution in [0, 0.1) is 0 Å². The van der Waals surface area contributed by atoms with Crippen molar-refractivity contribution >= 4 is 5.91 Å². The van der Waals surface area contributed by atoms with Gasteiger partial charge in [-0.1, -0.05) is 5.57 Å². The van der Waals surface area contributed by atoms with Crippen molar-refractivity contribution in [3.63, 3.8) is 0 Å². The molecule has 0 aromatic heterocycles. The van der Waals surface area contributed by atoms with Crippen molar-refractivity contribution < 1.29 is 4.79 Å². The van der Waals surface area contributed by atoms with Gasteiger partial charge in [-0.2, -0.15) is 0 Å². The van der Waals surface area contributed by atoms with Crippen LogP contribution in [0.3, 0.4) is 0 Å². The first kappa shape index (κ1) is 9.71. The van der Waals surface area contributed by atoms with Crippen LogP contribution in [0.5, 0.6) is 0 Å². The van der Waals surface area contributed by atoms with Gasteiger partial charge >= 0.3 is 0 Å². The molecule has 0 atom stereocenters. The lowest BCUT2D eigenvalue weighted by Crippen LogP contribution is -2.42. The molecule has 0 aromatic carbocycles. The van der Waals surface area contributed by atoms with Crippen LogP contribution in [0.2, 0.25) is 0 Å². The van der Waals surface area contributed by atoms with Gasteiger partial charge in [0.05, 0.1) is 0 Å². The first-order chi connectivity index (χ1) is 6.84. The van der Waals surface area contributed by atoms with Crippen LogP contribution in [0.1, 0.15) is 32.1 Å². The first-order valence-corrected chi connectivity index (χ1v) is 5.55. The molecule has 3 nitrogen and oxygen atoms in total. The zero-order valence-electron chi connectivity index (χ0n) is 8.51. The summed E-state index contributed by atoms with van der Waals surface area (Å²) in [6, 6.07) is 0.390. The smallest absolute Gasteiger partial charge is 0.244 e. The van der Waals surface area contributed by atoms with E-state index < -0.39 is 0 Å². The minimum absolute atomic E-state index is 0.117. The van der Waals surface area contributed by atoms with Gasteiger partial charge in [0.15, 0.2) is 0 Å². The number of rotatable bonds is 2. The van der Waals surface area contributed by atoms with Crippen molar-refractivity contribution in [1.29, 1.82) is 0 Å². The summed E-state index contributed by atoms with van der Waals surface area (Å²) in [5.41, 5.74) is 1.32. The topological polar surface area (TPSA) is 41.1 Å². The lowest BCUT2D eigenvalue weighted by molar-refractivity contribution is -0.117. The Morgan fingerprint density at radius 3 is 2.64 bits per heavy atom. The largest absolute Gasteiger partial charge is 0.350 e. The molecular formula is C11H18N2O. The summed E-state index contributed by atoms with van der Waals surface area (Å²) >= 11 is 0. The Labute approximate surface area is 84.9 Å². The lowest BCUT2D eigenvalue weighted by Gasteiger charge is -2.23. The molecule has 14 heavy (non-hydrogen) atoms. The second-order valence-corrected chi connectivity index (χ2v) is 4.19. The molecule has 0 bridgehead atoms. The fourth-order valence-corrected chi connectivity index (χ4v) is 1.92. The summed E-state index contributed by atoms with van der Waals surface area (Å²) in [7, 11) is 0. The van der Waals surface area contributed by atoms with E-state index in [9.17, 15) is 4.79 Å². The maximum absolute atomic E-state index is 11.5. The van der Waals surface area contributed by atoms with Gasteiger partial charge in [0.25, 0.3) is 0 Å². The van der Waals surface area contributed by atoms with Gasteiger partial charge in [0, 0.05) is 12.1 Å². The van der Waals surface area contributed by atoms with Gasteiger partial charge in [-0.15, -0.1) is 0 Å². The van der Waals surface area contributed by atoms with E-state index in [1.807, 2.05) is 0 Å². The Hall–Kier alpha value is -0.830. The second kappa shape index (κ2) is 4.60. The third kappa shape index (κ3) is 2.58. The minimum Gasteiger partial charge on any atom is -0.350 e. The molecule has 1 heterocycles. The molecular weight excluding hydrogens is 176 g/mol. The quantitative estimate of drug-likeness (QED) is 0.643. The predicted octanol–water partition coefficient (Wildman–Crippen LogP) is 0.965. The van der Waals surface area contributed by atoms with Crippen molar-refractivity contribution in [3.05, 3.63) is 11.6 Å². The van der Waals surface area contributed by atoms with E-state index in [1.54, 1.807) is 6.08 Å². The number of nitrogens with one attached hydrogen (secondary N) is 2. The third-order valence-corrected chi connectivity index (χ3v) is 3.02. The Bertz CT molecular complexity index is 236. The fourth-order valence-electron chi connectivity index (χ4n) is 1.92. The van der Waals surface area contributed by atoms with Gasteiger partial charge in [-0.25, -0.2) is 0 Å². The van der Waals surface area contributed by atoms with Crippen molar-refractivity contribution in [1.82, 2.24) is 10.6 Å². The van der Waals surface area contributed by atoms with Gasteiger partial charge in [0.1, 0.15) is 0 Å². The average Bonchev–Trinajstić information content (AvgIpc) is 2.13. The third-order valence-electron chi connectivity index (χ3n) is 3.02. The standard InChI is InChI=1S/C11H18N2O/c14-11(8-9-2-1-3-9)13-10-4-6-12-7-5-10/h8,10,12H,1-7H2,(H,13,14). The van der Waals surface area contributed by atoms with Crippen molar-refractivity contribution in [2.75, 3.05) is 13.1 Å². The molecule has 1 saturated heterocycles. The van der Waals surface area contributed by atoms with E-state index in [4.69, 9.17) is 0 Å². The van der Waals surface area contributed by atoms with E-state index >= 15 is 0 Å². The first-order valence-electron chi connectivity index (χ1n) is 5.55. The summed E-state index contributed by atoms with van der Waals surface area (Å²) < 4.78 is 0. The molecule has 1 amide bonds. The van der Waals surface area contributed by atoms with Crippen LogP contribution in [-0.2, 0) is 4.79 Å². The average molecular weight is 194 g/mol. The molecule has 0 spiro atoms. The normalized spacial score (nSPS) is 22.7. The summed E-state index contributed by atoms with van der Waals surface area (Å²) in [5.74, 6) is 0.117. The van der Waals surface area contributed by atoms with Gasteiger partial charge in [-0.3, -0.25) is 4.79 Å². The Morgan fingerprint density at radius 1 is 1.36 bits per heavy atom. The highest BCUT2D eigenvalue weighted by Crippen LogP contribution is 2.24. The molecule has 1 aliphatic heterocycles. The van der Waals surface area contributed by atoms with Crippen LogP contribution < -0.4 is 10.6 Å². The summed E-state index contributed by atoms with van der Waals surface area (Å²) in [5, 5.41) is 6.35. The molecule has 0 radical (unpaired) electrons. The molecule has 0 unspecified atom stereocenters. The van der Waals surface area contributed by atoms with E-state index in [2.05, 4.69) is 10.6 Å². The predicted molar refractivity (Wildman–Crippen MR) is 56.0 cm³/mol. The SMILES string of the molecule is O=C(C=C1CCC1)NC1CCNCC1. The van der Waals surface area contributed by atoms with E-state index in [-0.39, 0.29) is 5.91 Å². The van der Waals surface area contributed by atoms with Crippen molar-refractivity contribution in [3.8, 4) is 0 Å². The van der Waals surface area contributed by atoms with Crippen LogP contribution >= 0.6 is 0 Å². The van der Waals surface area contributed by atoms with Crippen molar-refractivity contribution in [2.45, 2.75) is 38.1 Å². The van der Waals surface area contributed by atoms with Crippen LogP contribution in [0.15, 0.2) is 11.6 Å². The molecule has 2 fully saturated rings. The number of amides is 1. The van der Waals surface area contributed by atoms with E-state index in [0.717, 1.165) is 38.8 Å². The highest BCUT2D eigenvalue weighted by molar-refractivity contribution is 5.88.